The Labute approximate surface area is 97.3 Å². The van der Waals surface area contributed by atoms with Gasteiger partial charge in [-0.05, 0) is 25.7 Å². The van der Waals surface area contributed by atoms with Crippen molar-refractivity contribution in [3.8, 4) is 0 Å². The van der Waals surface area contributed by atoms with Crippen LogP contribution in [0.1, 0.15) is 44.9 Å². The number of alkyl halides is 1. The van der Waals surface area contributed by atoms with E-state index in [4.69, 9.17) is 21.1 Å². The summed E-state index contributed by atoms with van der Waals surface area (Å²) in [5.74, 6) is 0. The number of methoxy groups -OCH3 is 1. The normalized spacial score (nSPS) is 36.4. The highest BCUT2D eigenvalue weighted by Gasteiger charge is 2.42. The third-order valence-electron chi connectivity index (χ3n) is 3.91. The molecule has 1 saturated heterocycles. The van der Waals surface area contributed by atoms with E-state index < -0.39 is 0 Å². The summed E-state index contributed by atoms with van der Waals surface area (Å²) in [7, 11) is 1.83. The molecule has 0 N–H and O–H groups in total. The second-order valence-electron chi connectivity index (χ2n) is 4.81. The predicted molar refractivity (Wildman–Crippen MR) is 61.4 cm³/mol. The highest BCUT2D eigenvalue weighted by atomic mass is 35.5. The van der Waals surface area contributed by atoms with Crippen molar-refractivity contribution in [3.63, 3.8) is 0 Å². The van der Waals surface area contributed by atoms with E-state index in [0.29, 0.717) is 0 Å². The van der Waals surface area contributed by atoms with Crippen LogP contribution >= 0.6 is 11.6 Å². The lowest BCUT2D eigenvalue weighted by Gasteiger charge is -2.44. The van der Waals surface area contributed by atoms with Gasteiger partial charge < -0.3 is 9.47 Å². The van der Waals surface area contributed by atoms with Gasteiger partial charge in [0.15, 0.2) is 0 Å². The first-order valence-corrected chi connectivity index (χ1v) is 6.51. The first kappa shape index (κ1) is 11.7. The Kier molecular flexibility index (Phi) is 3.92. The SMILES string of the molecule is COC1(C2CC(Cl)CCO2)CCCCC1. The zero-order chi connectivity index (χ0) is 10.7. The van der Waals surface area contributed by atoms with E-state index in [9.17, 15) is 0 Å². The third-order valence-corrected chi connectivity index (χ3v) is 4.31. The van der Waals surface area contributed by atoms with E-state index in [2.05, 4.69) is 0 Å². The average Bonchev–Trinajstić information content (AvgIpc) is 2.30. The second kappa shape index (κ2) is 5.03. The van der Waals surface area contributed by atoms with Crippen molar-refractivity contribution >= 4 is 11.6 Å². The summed E-state index contributed by atoms with van der Waals surface area (Å²) < 4.78 is 11.7. The smallest absolute Gasteiger partial charge is 0.0939 e. The molecular weight excluding hydrogens is 212 g/mol. The van der Waals surface area contributed by atoms with Gasteiger partial charge >= 0.3 is 0 Å². The molecule has 0 radical (unpaired) electrons. The largest absolute Gasteiger partial charge is 0.376 e. The fourth-order valence-electron chi connectivity index (χ4n) is 2.93. The molecule has 15 heavy (non-hydrogen) atoms. The van der Waals surface area contributed by atoms with Crippen LogP contribution in [0, 0.1) is 0 Å². The minimum atomic E-state index is -0.0359. The lowest BCUT2D eigenvalue weighted by Crippen LogP contribution is -2.50. The van der Waals surface area contributed by atoms with E-state index in [0.717, 1.165) is 32.3 Å². The molecule has 0 amide bonds. The van der Waals surface area contributed by atoms with Crippen LogP contribution < -0.4 is 0 Å². The summed E-state index contributed by atoms with van der Waals surface area (Å²) in [4.78, 5) is 0. The van der Waals surface area contributed by atoms with Crippen molar-refractivity contribution < 1.29 is 9.47 Å². The van der Waals surface area contributed by atoms with Crippen LogP contribution in [0.5, 0.6) is 0 Å². The first-order chi connectivity index (χ1) is 7.27. The molecule has 0 bridgehead atoms. The zero-order valence-corrected chi connectivity index (χ0v) is 10.3. The quantitative estimate of drug-likeness (QED) is 0.682. The summed E-state index contributed by atoms with van der Waals surface area (Å²) in [6.45, 7) is 0.796. The zero-order valence-electron chi connectivity index (χ0n) is 9.51. The van der Waals surface area contributed by atoms with Gasteiger partial charge in [0.2, 0.25) is 0 Å². The van der Waals surface area contributed by atoms with Gasteiger partial charge in [0.1, 0.15) is 0 Å². The Balaban J connectivity index is 2.03. The highest BCUT2D eigenvalue weighted by molar-refractivity contribution is 6.20. The summed E-state index contributed by atoms with van der Waals surface area (Å²) in [6, 6.07) is 0. The molecule has 2 aliphatic rings. The number of rotatable bonds is 2. The van der Waals surface area contributed by atoms with Crippen LogP contribution in [0.2, 0.25) is 0 Å². The Morgan fingerprint density at radius 3 is 2.60 bits per heavy atom. The number of hydrogen-bond acceptors (Lipinski definition) is 2. The van der Waals surface area contributed by atoms with E-state index in [1.165, 1.54) is 19.3 Å². The molecule has 0 aromatic rings. The van der Waals surface area contributed by atoms with Crippen molar-refractivity contribution in [1.82, 2.24) is 0 Å². The van der Waals surface area contributed by atoms with Gasteiger partial charge in [0, 0.05) is 19.1 Å². The molecule has 1 heterocycles. The topological polar surface area (TPSA) is 18.5 Å². The molecule has 3 heteroatoms. The molecule has 1 aliphatic heterocycles. The van der Waals surface area contributed by atoms with Crippen LogP contribution in [-0.4, -0.2) is 30.8 Å². The molecule has 0 aromatic carbocycles. The minimum Gasteiger partial charge on any atom is -0.376 e. The summed E-state index contributed by atoms with van der Waals surface area (Å²) in [5, 5.41) is 0.276. The molecule has 2 atom stereocenters. The van der Waals surface area contributed by atoms with Crippen molar-refractivity contribution in [3.05, 3.63) is 0 Å². The fraction of sp³-hybridized carbons (Fsp3) is 1.00. The van der Waals surface area contributed by atoms with Crippen molar-refractivity contribution in [2.75, 3.05) is 13.7 Å². The molecular formula is C12H21ClO2. The molecule has 2 rings (SSSR count). The standard InChI is InChI=1S/C12H21ClO2/c1-14-12(6-3-2-4-7-12)11-9-10(13)5-8-15-11/h10-11H,2-9H2,1H3. The van der Waals surface area contributed by atoms with Gasteiger partial charge in [-0.15, -0.1) is 11.6 Å². The summed E-state index contributed by atoms with van der Waals surface area (Å²) in [5.41, 5.74) is -0.0359. The molecule has 1 saturated carbocycles. The van der Waals surface area contributed by atoms with Crippen LogP contribution in [0.4, 0.5) is 0 Å². The van der Waals surface area contributed by atoms with E-state index in [1.54, 1.807) is 0 Å². The van der Waals surface area contributed by atoms with Crippen LogP contribution in [0.25, 0.3) is 0 Å². The number of halogens is 1. The highest BCUT2D eigenvalue weighted by Crippen LogP contribution is 2.39. The van der Waals surface area contributed by atoms with Crippen LogP contribution in [0.3, 0.4) is 0 Å². The Bertz CT molecular complexity index is 202. The van der Waals surface area contributed by atoms with Gasteiger partial charge in [0.05, 0.1) is 11.7 Å². The maximum atomic E-state index is 6.21. The predicted octanol–water partition coefficient (Wildman–Crippen LogP) is 3.12. The Hall–Kier alpha value is 0.210. The summed E-state index contributed by atoms with van der Waals surface area (Å²) in [6.07, 6.45) is 8.30. The lowest BCUT2D eigenvalue weighted by atomic mass is 9.78. The molecule has 0 spiro atoms. The molecule has 0 aromatic heterocycles. The molecule has 2 nitrogen and oxygen atoms in total. The molecule has 2 fully saturated rings. The van der Waals surface area contributed by atoms with Gasteiger partial charge in [0.25, 0.3) is 0 Å². The van der Waals surface area contributed by atoms with E-state index >= 15 is 0 Å². The van der Waals surface area contributed by atoms with E-state index in [1.807, 2.05) is 7.11 Å². The average molecular weight is 233 g/mol. The Morgan fingerprint density at radius 1 is 1.27 bits per heavy atom. The Morgan fingerprint density at radius 2 is 2.00 bits per heavy atom. The maximum absolute atomic E-state index is 6.21. The van der Waals surface area contributed by atoms with E-state index in [-0.39, 0.29) is 17.1 Å². The van der Waals surface area contributed by atoms with Gasteiger partial charge in [-0.3, -0.25) is 0 Å². The van der Waals surface area contributed by atoms with Gasteiger partial charge in [-0.2, -0.15) is 0 Å². The van der Waals surface area contributed by atoms with Gasteiger partial charge in [-0.1, -0.05) is 19.3 Å². The molecule has 1 aliphatic carbocycles. The molecule has 88 valence electrons. The summed E-state index contributed by atoms with van der Waals surface area (Å²) >= 11 is 6.21. The minimum absolute atomic E-state index is 0.0359. The van der Waals surface area contributed by atoms with Crippen LogP contribution in [0.15, 0.2) is 0 Å². The van der Waals surface area contributed by atoms with Crippen LogP contribution in [-0.2, 0) is 9.47 Å². The first-order valence-electron chi connectivity index (χ1n) is 6.08. The van der Waals surface area contributed by atoms with Crippen molar-refractivity contribution in [2.45, 2.75) is 62.0 Å². The lowest BCUT2D eigenvalue weighted by molar-refractivity contribution is -0.159. The number of ether oxygens (including phenoxy) is 2. The third kappa shape index (κ3) is 2.48. The molecule has 2 unspecified atom stereocenters. The number of hydrogen-bond donors (Lipinski definition) is 0. The fourth-order valence-corrected chi connectivity index (χ4v) is 3.18. The second-order valence-corrected chi connectivity index (χ2v) is 5.43. The monoisotopic (exact) mass is 232 g/mol. The maximum Gasteiger partial charge on any atom is 0.0939 e. The van der Waals surface area contributed by atoms with Crippen molar-refractivity contribution in [2.24, 2.45) is 0 Å². The van der Waals surface area contributed by atoms with Gasteiger partial charge in [-0.25, -0.2) is 0 Å². The van der Waals surface area contributed by atoms with Crippen molar-refractivity contribution in [1.29, 1.82) is 0 Å².